The summed E-state index contributed by atoms with van der Waals surface area (Å²) in [6.07, 6.45) is 0. The highest BCUT2D eigenvalue weighted by molar-refractivity contribution is 5.93. The minimum absolute atomic E-state index is 0.155. The maximum atomic E-state index is 12.1. The molecule has 0 saturated heterocycles. The average Bonchev–Trinajstić information content (AvgIpc) is 3.21. The summed E-state index contributed by atoms with van der Waals surface area (Å²) in [5.41, 5.74) is 1.77. The van der Waals surface area contributed by atoms with Gasteiger partial charge in [0, 0.05) is 5.56 Å². The van der Waals surface area contributed by atoms with Crippen LogP contribution >= 0.6 is 0 Å². The second-order valence-electron chi connectivity index (χ2n) is 4.79. The molecule has 0 aliphatic heterocycles. The number of benzene rings is 1. The molecule has 8 heteroatoms. The average molecular weight is 313 g/mol. The van der Waals surface area contributed by atoms with Crippen molar-refractivity contribution in [3.8, 4) is 17.0 Å². The number of hydrogen-bond acceptors (Lipinski definition) is 6. The summed E-state index contributed by atoms with van der Waals surface area (Å²) in [5, 5.41) is 13.2. The highest BCUT2D eigenvalue weighted by atomic mass is 16.5. The summed E-state index contributed by atoms with van der Waals surface area (Å²) in [6.45, 7) is 1.87. The van der Waals surface area contributed by atoms with Gasteiger partial charge in [-0.05, 0) is 25.1 Å². The van der Waals surface area contributed by atoms with Crippen LogP contribution in [0.4, 0.5) is 0 Å². The topological polar surface area (TPSA) is 106 Å². The molecule has 1 aromatic carbocycles. The molecule has 3 aromatic rings. The van der Waals surface area contributed by atoms with E-state index in [0.29, 0.717) is 28.9 Å². The molecule has 0 saturated carbocycles. The number of hydrogen-bond donors (Lipinski definition) is 2. The summed E-state index contributed by atoms with van der Waals surface area (Å²) in [6, 6.07) is 9.12. The molecule has 0 atom stereocenters. The minimum Gasteiger partial charge on any atom is -0.496 e. The molecule has 118 valence electrons. The van der Waals surface area contributed by atoms with E-state index < -0.39 is 0 Å². The molecule has 23 heavy (non-hydrogen) atoms. The van der Waals surface area contributed by atoms with Gasteiger partial charge in [0.25, 0.3) is 5.91 Å². The Morgan fingerprint density at radius 1 is 1.39 bits per heavy atom. The normalized spacial score (nSPS) is 10.5. The van der Waals surface area contributed by atoms with E-state index in [2.05, 4.69) is 25.7 Å². The van der Waals surface area contributed by atoms with Crippen molar-refractivity contribution < 1.29 is 14.1 Å². The highest BCUT2D eigenvalue weighted by Crippen LogP contribution is 2.28. The zero-order valence-electron chi connectivity index (χ0n) is 12.7. The monoisotopic (exact) mass is 313 g/mol. The van der Waals surface area contributed by atoms with E-state index in [1.165, 1.54) is 0 Å². The molecule has 0 aliphatic carbocycles. The van der Waals surface area contributed by atoms with Gasteiger partial charge in [-0.15, -0.1) is 0 Å². The fraction of sp³-hybridized carbons (Fsp3) is 0.200. The van der Waals surface area contributed by atoms with Gasteiger partial charge in [0.15, 0.2) is 5.82 Å². The second-order valence-corrected chi connectivity index (χ2v) is 4.79. The van der Waals surface area contributed by atoms with E-state index >= 15 is 0 Å². The second kappa shape index (κ2) is 6.30. The third-order valence-electron chi connectivity index (χ3n) is 3.18. The van der Waals surface area contributed by atoms with Crippen LogP contribution in [0.5, 0.6) is 5.75 Å². The Morgan fingerprint density at radius 2 is 2.22 bits per heavy atom. The lowest BCUT2D eigenvalue weighted by Crippen LogP contribution is -2.23. The van der Waals surface area contributed by atoms with Crippen LogP contribution in [0.1, 0.15) is 22.2 Å². The van der Waals surface area contributed by atoms with Gasteiger partial charge in [-0.3, -0.25) is 9.89 Å². The zero-order valence-corrected chi connectivity index (χ0v) is 12.7. The summed E-state index contributed by atoms with van der Waals surface area (Å²) >= 11 is 0. The molecule has 1 amide bonds. The number of methoxy groups -OCH3 is 1. The standard InChI is InChI=1S/C15H15N5O3/c1-9-17-14(23-20-9)8-16-15(21)12-7-11(18-19-12)10-5-3-4-6-13(10)22-2/h3-7H,8H2,1-2H3,(H,16,21)(H,18,19). The number of ether oxygens (including phenoxy) is 1. The van der Waals surface area contributed by atoms with Crippen LogP contribution in [-0.4, -0.2) is 33.4 Å². The van der Waals surface area contributed by atoms with Crippen molar-refractivity contribution in [1.29, 1.82) is 0 Å². The van der Waals surface area contributed by atoms with Crippen LogP contribution in [-0.2, 0) is 6.54 Å². The maximum Gasteiger partial charge on any atom is 0.269 e. The van der Waals surface area contributed by atoms with E-state index in [9.17, 15) is 4.79 Å². The van der Waals surface area contributed by atoms with E-state index in [1.54, 1.807) is 20.1 Å². The van der Waals surface area contributed by atoms with Crippen molar-refractivity contribution in [2.45, 2.75) is 13.5 Å². The lowest BCUT2D eigenvalue weighted by Gasteiger charge is -2.04. The molecule has 0 aliphatic rings. The van der Waals surface area contributed by atoms with Crippen molar-refractivity contribution in [3.63, 3.8) is 0 Å². The summed E-state index contributed by atoms with van der Waals surface area (Å²) < 4.78 is 10.2. The predicted octanol–water partition coefficient (Wildman–Crippen LogP) is 1.71. The number of aromatic nitrogens is 4. The zero-order chi connectivity index (χ0) is 16.2. The van der Waals surface area contributed by atoms with E-state index in [0.717, 1.165) is 5.56 Å². The van der Waals surface area contributed by atoms with E-state index in [1.807, 2.05) is 24.3 Å². The quantitative estimate of drug-likeness (QED) is 0.742. The minimum atomic E-state index is -0.311. The first-order valence-corrected chi connectivity index (χ1v) is 6.93. The first-order chi connectivity index (χ1) is 11.2. The lowest BCUT2D eigenvalue weighted by atomic mass is 10.1. The fourth-order valence-corrected chi connectivity index (χ4v) is 2.10. The van der Waals surface area contributed by atoms with Crippen LogP contribution in [0.25, 0.3) is 11.3 Å². The fourth-order valence-electron chi connectivity index (χ4n) is 2.10. The molecular formula is C15H15N5O3. The van der Waals surface area contributed by atoms with Crippen molar-refractivity contribution in [3.05, 3.63) is 47.7 Å². The van der Waals surface area contributed by atoms with Crippen LogP contribution in [0.2, 0.25) is 0 Å². The molecule has 2 aromatic heterocycles. The molecule has 0 spiro atoms. The largest absolute Gasteiger partial charge is 0.496 e. The van der Waals surface area contributed by atoms with Crippen LogP contribution in [0.15, 0.2) is 34.9 Å². The van der Waals surface area contributed by atoms with Gasteiger partial charge in [0.2, 0.25) is 5.89 Å². The summed E-state index contributed by atoms with van der Waals surface area (Å²) in [7, 11) is 1.59. The number of rotatable bonds is 5. The molecule has 3 rings (SSSR count). The molecular weight excluding hydrogens is 298 g/mol. The van der Waals surface area contributed by atoms with Gasteiger partial charge in [-0.1, -0.05) is 17.3 Å². The molecule has 2 N–H and O–H groups in total. The first-order valence-electron chi connectivity index (χ1n) is 6.93. The number of nitrogens with one attached hydrogen (secondary N) is 2. The van der Waals surface area contributed by atoms with Gasteiger partial charge in [-0.25, -0.2) is 0 Å². The number of amides is 1. The van der Waals surface area contributed by atoms with E-state index in [-0.39, 0.29) is 12.5 Å². The third kappa shape index (κ3) is 3.20. The number of carbonyl (C=O) groups excluding carboxylic acids is 1. The van der Waals surface area contributed by atoms with Crippen LogP contribution in [0.3, 0.4) is 0 Å². The Bertz CT molecular complexity index is 824. The SMILES string of the molecule is COc1ccccc1-c1cc(C(=O)NCc2nc(C)no2)[nH]n1. The van der Waals surface area contributed by atoms with Gasteiger partial charge < -0.3 is 14.6 Å². The Hall–Kier alpha value is -3.16. The van der Waals surface area contributed by atoms with Gasteiger partial charge in [0.1, 0.15) is 11.4 Å². The summed E-state index contributed by atoms with van der Waals surface area (Å²) in [4.78, 5) is 16.1. The molecule has 0 unspecified atom stereocenters. The number of aryl methyl sites for hydroxylation is 1. The number of nitrogens with zero attached hydrogens (tertiary/aromatic N) is 3. The van der Waals surface area contributed by atoms with E-state index in [4.69, 9.17) is 9.26 Å². The van der Waals surface area contributed by atoms with Crippen molar-refractivity contribution >= 4 is 5.91 Å². The molecule has 2 heterocycles. The van der Waals surface area contributed by atoms with Crippen molar-refractivity contribution in [2.75, 3.05) is 7.11 Å². The summed E-state index contributed by atoms with van der Waals surface area (Å²) in [5.74, 6) is 1.25. The molecule has 0 fully saturated rings. The lowest BCUT2D eigenvalue weighted by molar-refractivity contribution is 0.0941. The number of carbonyl (C=O) groups is 1. The highest BCUT2D eigenvalue weighted by Gasteiger charge is 2.14. The Labute approximate surface area is 131 Å². The Kier molecular flexibility index (Phi) is 4.05. The Morgan fingerprint density at radius 3 is 2.96 bits per heavy atom. The smallest absolute Gasteiger partial charge is 0.269 e. The van der Waals surface area contributed by atoms with Crippen LogP contribution < -0.4 is 10.1 Å². The first kappa shape index (κ1) is 14.8. The third-order valence-corrected chi connectivity index (χ3v) is 3.18. The maximum absolute atomic E-state index is 12.1. The van der Waals surface area contributed by atoms with Gasteiger partial charge in [-0.2, -0.15) is 10.1 Å². The molecule has 0 bridgehead atoms. The molecule has 0 radical (unpaired) electrons. The van der Waals surface area contributed by atoms with Crippen molar-refractivity contribution in [2.24, 2.45) is 0 Å². The molecule has 8 nitrogen and oxygen atoms in total. The number of aromatic amines is 1. The van der Waals surface area contributed by atoms with Gasteiger partial charge >= 0.3 is 0 Å². The number of para-hydroxylation sites is 1. The van der Waals surface area contributed by atoms with Crippen LogP contribution in [0, 0.1) is 6.92 Å². The number of H-pyrrole nitrogens is 1. The Balaban J connectivity index is 1.72. The van der Waals surface area contributed by atoms with Gasteiger partial charge in [0.05, 0.1) is 19.3 Å². The predicted molar refractivity (Wildman–Crippen MR) is 80.8 cm³/mol. The van der Waals surface area contributed by atoms with Crippen molar-refractivity contribution in [1.82, 2.24) is 25.7 Å².